The molecule has 16 heavy (non-hydrogen) atoms. The summed E-state index contributed by atoms with van der Waals surface area (Å²) >= 11 is 0. The van der Waals surface area contributed by atoms with E-state index in [1.54, 1.807) is 11.8 Å². The molecule has 1 N–H and O–H groups in total. The van der Waals surface area contributed by atoms with E-state index in [-0.39, 0.29) is 11.7 Å². The molecule has 0 saturated carbocycles. The highest BCUT2D eigenvalue weighted by atomic mass is 16.5. The molecule has 0 bridgehead atoms. The normalized spacial score (nSPS) is 18.3. The third kappa shape index (κ3) is 1.82. The molecule has 0 aliphatic carbocycles. The van der Waals surface area contributed by atoms with Crippen LogP contribution in [0.5, 0.6) is 0 Å². The fraction of sp³-hybridized carbons (Fsp3) is 0.636. The fourth-order valence-electron chi connectivity index (χ4n) is 2.07. The highest BCUT2D eigenvalue weighted by molar-refractivity contribution is 5.93. The zero-order chi connectivity index (χ0) is 11.8. The number of carbonyl (C=O) groups is 1. The Kier molecular flexibility index (Phi) is 2.71. The van der Waals surface area contributed by atoms with Crippen molar-refractivity contribution in [1.82, 2.24) is 10.1 Å². The van der Waals surface area contributed by atoms with Crippen molar-refractivity contribution in [3.63, 3.8) is 0 Å². The summed E-state index contributed by atoms with van der Waals surface area (Å²) in [4.78, 5) is 13.5. The average molecular weight is 224 g/mol. The maximum Gasteiger partial charge on any atom is 0.292 e. The van der Waals surface area contributed by atoms with Gasteiger partial charge in [0.2, 0.25) is 5.76 Å². The van der Waals surface area contributed by atoms with E-state index in [1.165, 1.54) is 6.20 Å². The van der Waals surface area contributed by atoms with Gasteiger partial charge in [-0.2, -0.15) is 0 Å². The second kappa shape index (κ2) is 3.90. The van der Waals surface area contributed by atoms with E-state index in [4.69, 9.17) is 4.52 Å². The lowest BCUT2D eigenvalue weighted by atomic mass is 9.89. The summed E-state index contributed by atoms with van der Waals surface area (Å²) in [6.07, 6.45) is 3.16. The Bertz CT molecular complexity index is 394. The number of likely N-dealkylation sites (tertiary alicyclic amines) is 1. The van der Waals surface area contributed by atoms with Gasteiger partial charge in [-0.05, 0) is 13.3 Å². The van der Waals surface area contributed by atoms with E-state index in [9.17, 15) is 9.90 Å². The van der Waals surface area contributed by atoms with Crippen LogP contribution in [0, 0.1) is 6.92 Å². The van der Waals surface area contributed by atoms with Crippen molar-refractivity contribution in [2.24, 2.45) is 0 Å². The number of β-amino-alcohol motifs (C(OH)–C–C–N with tert-alkyl or cyclic N) is 1. The zero-order valence-electron chi connectivity index (χ0n) is 9.56. The third-order valence-corrected chi connectivity index (χ3v) is 2.92. The van der Waals surface area contributed by atoms with Gasteiger partial charge in [-0.3, -0.25) is 4.79 Å². The predicted octanol–water partition coefficient (Wildman–Crippen LogP) is 0.970. The van der Waals surface area contributed by atoms with Crippen LogP contribution < -0.4 is 0 Å². The van der Waals surface area contributed by atoms with Crippen LogP contribution in [0.15, 0.2) is 10.7 Å². The largest absolute Gasteiger partial charge is 0.386 e. The molecule has 88 valence electrons. The van der Waals surface area contributed by atoms with E-state index in [2.05, 4.69) is 5.16 Å². The number of hydrogen-bond acceptors (Lipinski definition) is 4. The molecule has 0 radical (unpaired) electrons. The molecule has 0 unspecified atom stereocenters. The van der Waals surface area contributed by atoms with E-state index in [1.807, 2.05) is 6.92 Å². The Morgan fingerprint density at radius 3 is 2.88 bits per heavy atom. The van der Waals surface area contributed by atoms with Crippen molar-refractivity contribution in [2.45, 2.75) is 32.3 Å². The van der Waals surface area contributed by atoms with Gasteiger partial charge in [0.25, 0.3) is 5.91 Å². The number of carbonyl (C=O) groups excluding carboxylic acids is 1. The first-order chi connectivity index (χ1) is 7.56. The van der Waals surface area contributed by atoms with Crippen LogP contribution in [0.4, 0.5) is 0 Å². The van der Waals surface area contributed by atoms with Crippen LogP contribution in [0.25, 0.3) is 0 Å². The molecular formula is C11H16N2O3. The van der Waals surface area contributed by atoms with Gasteiger partial charge < -0.3 is 14.5 Å². The van der Waals surface area contributed by atoms with Crippen LogP contribution >= 0.6 is 0 Å². The highest BCUT2D eigenvalue weighted by Crippen LogP contribution is 2.27. The quantitative estimate of drug-likeness (QED) is 0.830. The van der Waals surface area contributed by atoms with Crippen molar-refractivity contribution in [3.8, 4) is 0 Å². The van der Waals surface area contributed by atoms with E-state index in [0.29, 0.717) is 13.1 Å². The number of aliphatic hydroxyl groups is 1. The second-order valence-corrected chi connectivity index (χ2v) is 4.47. The number of aromatic nitrogens is 1. The van der Waals surface area contributed by atoms with Gasteiger partial charge in [0.1, 0.15) is 0 Å². The topological polar surface area (TPSA) is 66.6 Å². The minimum Gasteiger partial charge on any atom is -0.386 e. The zero-order valence-corrected chi connectivity index (χ0v) is 9.56. The first kappa shape index (κ1) is 11.1. The molecule has 2 heterocycles. The maximum absolute atomic E-state index is 11.9. The summed E-state index contributed by atoms with van der Waals surface area (Å²) < 4.78 is 4.89. The molecule has 1 aromatic heterocycles. The number of hydrogen-bond donors (Lipinski definition) is 1. The van der Waals surface area contributed by atoms with Crippen LogP contribution in [-0.4, -0.2) is 39.8 Å². The molecule has 1 aliphatic rings. The Balaban J connectivity index is 1.98. The SMILES string of the molecule is CCCC1(O)CN(C(=O)c2oncc2C)C1. The summed E-state index contributed by atoms with van der Waals surface area (Å²) in [6, 6.07) is 0. The molecule has 1 aromatic rings. The number of amides is 1. The highest BCUT2D eigenvalue weighted by Gasteiger charge is 2.43. The average Bonchev–Trinajstić information content (AvgIpc) is 2.60. The summed E-state index contributed by atoms with van der Waals surface area (Å²) in [6.45, 7) is 4.57. The molecular weight excluding hydrogens is 208 g/mol. The Morgan fingerprint density at radius 2 is 2.38 bits per heavy atom. The summed E-state index contributed by atoms with van der Waals surface area (Å²) in [7, 11) is 0. The molecule has 1 aliphatic heterocycles. The van der Waals surface area contributed by atoms with Gasteiger partial charge in [-0.25, -0.2) is 0 Å². The molecule has 1 fully saturated rings. The molecule has 0 atom stereocenters. The second-order valence-electron chi connectivity index (χ2n) is 4.47. The summed E-state index contributed by atoms with van der Waals surface area (Å²) in [5, 5.41) is 13.5. The van der Waals surface area contributed by atoms with Gasteiger partial charge in [0, 0.05) is 5.56 Å². The van der Waals surface area contributed by atoms with E-state index >= 15 is 0 Å². The first-order valence-corrected chi connectivity index (χ1v) is 5.49. The van der Waals surface area contributed by atoms with Gasteiger partial charge in [0.05, 0.1) is 24.9 Å². The van der Waals surface area contributed by atoms with Crippen LogP contribution in [0.3, 0.4) is 0 Å². The van der Waals surface area contributed by atoms with Gasteiger partial charge >= 0.3 is 0 Å². The number of rotatable bonds is 3. The van der Waals surface area contributed by atoms with Crippen molar-refractivity contribution in [3.05, 3.63) is 17.5 Å². The van der Waals surface area contributed by atoms with Crippen molar-refractivity contribution in [1.29, 1.82) is 0 Å². The molecule has 1 saturated heterocycles. The minimum atomic E-state index is -0.696. The molecule has 0 spiro atoms. The molecule has 0 aromatic carbocycles. The lowest BCUT2D eigenvalue weighted by Gasteiger charge is -2.46. The van der Waals surface area contributed by atoms with Gasteiger partial charge in [0.15, 0.2) is 0 Å². The molecule has 1 amide bonds. The standard InChI is InChI=1S/C11H16N2O3/c1-3-4-11(15)6-13(7-11)10(14)9-8(2)5-12-16-9/h5,15H,3-4,6-7H2,1-2H3. The van der Waals surface area contributed by atoms with Crippen molar-refractivity contribution >= 4 is 5.91 Å². The number of nitrogens with zero attached hydrogens (tertiary/aromatic N) is 2. The van der Waals surface area contributed by atoms with E-state index < -0.39 is 5.60 Å². The fourth-order valence-corrected chi connectivity index (χ4v) is 2.07. The first-order valence-electron chi connectivity index (χ1n) is 5.49. The van der Waals surface area contributed by atoms with Gasteiger partial charge in [-0.15, -0.1) is 0 Å². The van der Waals surface area contributed by atoms with Crippen LogP contribution in [-0.2, 0) is 0 Å². The van der Waals surface area contributed by atoms with E-state index in [0.717, 1.165) is 18.4 Å². The summed E-state index contributed by atoms with van der Waals surface area (Å²) in [5.41, 5.74) is 0.0362. The molecule has 2 rings (SSSR count). The monoisotopic (exact) mass is 224 g/mol. The Labute approximate surface area is 94.0 Å². The van der Waals surface area contributed by atoms with Crippen molar-refractivity contribution in [2.75, 3.05) is 13.1 Å². The lowest BCUT2D eigenvalue weighted by molar-refractivity contribution is -0.0869. The predicted molar refractivity (Wildman–Crippen MR) is 57.0 cm³/mol. The molecule has 5 nitrogen and oxygen atoms in total. The Hall–Kier alpha value is -1.36. The molecule has 5 heteroatoms. The van der Waals surface area contributed by atoms with Crippen molar-refractivity contribution < 1.29 is 14.4 Å². The lowest BCUT2D eigenvalue weighted by Crippen LogP contribution is -2.63. The third-order valence-electron chi connectivity index (χ3n) is 2.92. The minimum absolute atomic E-state index is 0.184. The van der Waals surface area contributed by atoms with Crippen LogP contribution in [0.2, 0.25) is 0 Å². The summed E-state index contributed by atoms with van der Waals surface area (Å²) in [5.74, 6) is 0.0920. The van der Waals surface area contributed by atoms with Crippen LogP contribution in [0.1, 0.15) is 35.9 Å². The maximum atomic E-state index is 11.9. The number of aryl methyl sites for hydroxylation is 1. The smallest absolute Gasteiger partial charge is 0.292 e. The van der Waals surface area contributed by atoms with Gasteiger partial charge in [-0.1, -0.05) is 18.5 Å². The Morgan fingerprint density at radius 1 is 1.69 bits per heavy atom.